The highest BCUT2D eigenvalue weighted by Crippen LogP contribution is 2.26. The molecule has 124 valence electrons. The molecule has 0 radical (unpaired) electrons. The van der Waals surface area contributed by atoms with E-state index in [2.05, 4.69) is 5.32 Å². The summed E-state index contributed by atoms with van der Waals surface area (Å²) in [6.45, 7) is 3.38. The molecule has 0 unspecified atom stereocenters. The quantitative estimate of drug-likeness (QED) is 0.699. The van der Waals surface area contributed by atoms with E-state index in [1.807, 2.05) is 37.3 Å². The van der Waals surface area contributed by atoms with Gasteiger partial charge in [0.1, 0.15) is 24.4 Å². The molecule has 0 fully saturated rings. The molecule has 0 saturated heterocycles. The third-order valence-electron chi connectivity index (χ3n) is 4.04. The summed E-state index contributed by atoms with van der Waals surface area (Å²) in [4.78, 5) is 11.8. The van der Waals surface area contributed by atoms with Crippen molar-refractivity contribution in [2.75, 3.05) is 0 Å². The van der Waals surface area contributed by atoms with Gasteiger partial charge in [-0.05, 0) is 30.2 Å². The maximum absolute atomic E-state index is 11.8. The maximum atomic E-state index is 11.8. The minimum Gasteiger partial charge on any atom is -0.508 e. The summed E-state index contributed by atoms with van der Waals surface area (Å²) in [5.74, 6) is 0.160. The molecule has 4 nitrogen and oxygen atoms in total. The molecule has 0 spiro atoms. The van der Waals surface area contributed by atoms with Gasteiger partial charge in [-0.2, -0.15) is 0 Å². The first kappa shape index (κ1) is 16.6. The number of hydrogen-bond donors (Lipinski definition) is 2. The summed E-state index contributed by atoms with van der Waals surface area (Å²) in [6, 6.07) is 12.7. The topological polar surface area (TPSA) is 67.0 Å². The highest BCUT2D eigenvalue weighted by atomic mass is 35.5. The van der Waals surface area contributed by atoms with E-state index in [4.69, 9.17) is 16.0 Å². The number of quaternary nitrogens is 1. The minimum absolute atomic E-state index is 0.160. The maximum Gasteiger partial charge on any atom is 0.336 e. The summed E-state index contributed by atoms with van der Waals surface area (Å²) in [5, 5.41) is 13.7. The van der Waals surface area contributed by atoms with Crippen LogP contribution in [-0.2, 0) is 19.5 Å². The SMILES string of the molecule is CCc1cc2c(C[NH2+]Cc3cccc(Cl)c3)cc(=O)oc2cc1O. The lowest BCUT2D eigenvalue weighted by Gasteiger charge is -2.08. The van der Waals surface area contributed by atoms with E-state index in [1.54, 1.807) is 0 Å². The highest BCUT2D eigenvalue weighted by Gasteiger charge is 2.11. The van der Waals surface area contributed by atoms with Crippen LogP contribution in [0.15, 0.2) is 51.7 Å². The van der Waals surface area contributed by atoms with Gasteiger partial charge in [-0.25, -0.2) is 4.79 Å². The first-order valence-electron chi connectivity index (χ1n) is 7.91. The van der Waals surface area contributed by atoms with Crippen molar-refractivity contribution in [3.63, 3.8) is 0 Å². The van der Waals surface area contributed by atoms with E-state index in [0.29, 0.717) is 18.5 Å². The zero-order valence-electron chi connectivity index (χ0n) is 13.4. The number of halogens is 1. The molecule has 2 aromatic carbocycles. The van der Waals surface area contributed by atoms with Crippen molar-refractivity contribution in [1.29, 1.82) is 0 Å². The van der Waals surface area contributed by atoms with Gasteiger partial charge in [0.05, 0.1) is 0 Å². The van der Waals surface area contributed by atoms with Gasteiger partial charge in [-0.1, -0.05) is 30.7 Å². The number of nitrogens with two attached hydrogens (primary N) is 1. The molecule has 5 heteroatoms. The first-order chi connectivity index (χ1) is 11.6. The minimum atomic E-state index is -0.405. The van der Waals surface area contributed by atoms with Gasteiger partial charge in [-0.3, -0.25) is 0 Å². The highest BCUT2D eigenvalue weighted by molar-refractivity contribution is 6.30. The average Bonchev–Trinajstić information content (AvgIpc) is 2.54. The summed E-state index contributed by atoms with van der Waals surface area (Å²) >= 11 is 6.00. The van der Waals surface area contributed by atoms with Crippen LogP contribution in [0.3, 0.4) is 0 Å². The predicted molar refractivity (Wildman–Crippen MR) is 94.3 cm³/mol. The largest absolute Gasteiger partial charge is 0.508 e. The Hall–Kier alpha value is -2.30. The summed E-state index contributed by atoms with van der Waals surface area (Å²) in [5.41, 5.74) is 2.88. The van der Waals surface area contributed by atoms with Gasteiger partial charge in [-0.15, -0.1) is 0 Å². The molecule has 1 aromatic heterocycles. The molecule has 0 aliphatic heterocycles. The molecule has 0 aliphatic rings. The fourth-order valence-corrected chi connectivity index (χ4v) is 3.03. The molecule has 3 N–H and O–H groups in total. The standard InChI is InChI=1S/C19H18ClNO3/c1-2-13-7-16-14(8-19(23)24-18(16)9-17(13)22)11-21-10-12-4-3-5-15(20)6-12/h3-9,21-22H,2,10-11H2,1H3/p+1. The summed E-state index contributed by atoms with van der Waals surface area (Å²) < 4.78 is 5.22. The number of hydrogen-bond acceptors (Lipinski definition) is 3. The van der Waals surface area contributed by atoms with Gasteiger partial charge in [0.2, 0.25) is 0 Å². The Bertz CT molecular complexity index is 934. The third-order valence-corrected chi connectivity index (χ3v) is 4.28. The van der Waals surface area contributed by atoms with Crippen LogP contribution in [0.5, 0.6) is 5.75 Å². The molecule has 3 aromatic rings. The van der Waals surface area contributed by atoms with Crippen molar-refractivity contribution >= 4 is 22.6 Å². The Morgan fingerprint density at radius 1 is 1.12 bits per heavy atom. The van der Waals surface area contributed by atoms with E-state index < -0.39 is 5.63 Å². The van der Waals surface area contributed by atoms with E-state index >= 15 is 0 Å². The van der Waals surface area contributed by atoms with Gasteiger partial charge >= 0.3 is 5.63 Å². The number of benzene rings is 2. The van der Waals surface area contributed by atoms with Crippen LogP contribution in [0, 0.1) is 0 Å². The van der Waals surface area contributed by atoms with Crippen LogP contribution in [0.2, 0.25) is 5.02 Å². The van der Waals surface area contributed by atoms with Crippen molar-refractivity contribution in [2.24, 2.45) is 0 Å². The van der Waals surface area contributed by atoms with Crippen molar-refractivity contribution in [3.05, 3.63) is 74.6 Å². The molecule has 3 rings (SSSR count). The van der Waals surface area contributed by atoms with Crippen molar-refractivity contribution < 1.29 is 14.8 Å². The van der Waals surface area contributed by atoms with E-state index in [9.17, 15) is 9.90 Å². The number of rotatable bonds is 5. The van der Waals surface area contributed by atoms with Crippen LogP contribution in [0.4, 0.5) is 0 Å². The van der Waals surface area contributed by atoms with Crippen molar-refractivity contribution in [1.82, 2.24) is 0 Å². The fraction of sp³-hybridized carbons (Fsp3) is 0.211. The number of phenolic OH excluding ortho intramolecular Hbond substituents is 1. The second-order valence-corrected chi connectivity index (χ2v) is 6.18. The lowest BCUT2D eigenvalue weighted by Crippen LogP contribution is -2.80. The Morgan fingerprint density at radius 3 is 2.71 bits per heavy atom. The molecule has 0 amide bonds. The molecular formula is C19H19ClNO3+. The molecule has 24 heavy (non-hydrogen) atoms. The number of aryl methyl sites for hydroxylation is 1. The van der Waals surface area contributed by atoms with Gasteiger partial charge in [0.15, 0.2) is 0 Å². The lowest BCUT2D eigenvalue weighted by molar-refractivity contribution is -0.686. The van der Waals surface area contributed by atoms with Crippen molar-refractivity contribution in [3.8, 4) is 5.75 Å². The fourth-order valence-electron chi connectivity index (χ4n) is 2.82. The Kier molecular flexibility index (Phi) is 4.88. The number of fused-ring (bicyclic) bond motifs is 1. The van der Waals surface area contributed by atoms with Crippen molar-refractivity contribution in [2.45, 2.75) is 26.4 Å². The normalized spacial score (nSPS) is 11.1. The monoisotopic (exact) mass is 344 g/mol. The molecule has 1 heterocycles. The first-order valence-corrected chi connectivity index (χ1v) is 8.29. The zero-order valence-corrected chi connectivity index (χ0v) is 14.1. The molecule has 0 bridgehead atoms. The smallest absolute Gasteiger partial charge is 0.336 e. The second kappa shape index (κ2) is 7.07. The Morgan fingerprint density at radius 2 is 1.96 bits per heavy atom. The lowest BCUT2D eigenvalue weighted by atomic mass is 10.0. The third kappa shape index (κ3) is 3.61. The molecule has 0 aliphatic carbocycles. The van der Waals surface area contributed by atoms with Crippen LogP contribution >= 0.6 is 11.6 Å². The van der Waals surface area contributed by atoms with Crippen LogP contribution in [-0.4, -0.2) is 5.11 Å². The van der Waals surface area contributed by atoms with Gasteiger partial charge < -0.3 is 14.8 Å². The van der Waals surface area contributed by atoms with Gasteiger partial charge in [0.25, 0.3) is 0 Å². The average molecular weight is 345 g/mol. The second-order valence-electron chi connectivity index (χ2n) is 5.75. The van der Waals surface area contributed by atoms with E-state index in [0.717, 1.165) is 33.6 Å². The van der Waals surface area contributed by atoms with Crippen LogP contribution in [0.25, 0.3) is 11.0 Å². The Balaban J connectivity index is 1.86. The summed E-state index contributed by atoms with van der Waals surface area (Å²) in [7, 11) is 0. The van der Waals surface area contributed by atoms with Crippen LogP contribution in [0.1, 0.15) is 23.6 Å². The number of aromatic hydroxyl groups is 1. The van der Waals surface area contributed by atoms with E-state index in [1.165, 1.54) is 12.1 Å². The number of phenols is 1. The van der Waals surface area contributed by atoms with Crippen LogP contribution < -0.4 is 10.9 Å². The van der Waals surface area contributed by atoms with E-state index in [-0.39, 0.29) is 5.75 Å². The van der Waals surface area contributed by atoms with Gasteiger partial charge in [0, 0.05) is 33.7 Å². The zero-order chi connectivity index (χ0) is 17.1. The Labute approximate surface area is 144 Å². The predicted octanol–water partition coefficient (Wildman–Crippen LogP) is 2.98. The molecular weight excluding hydrogens is 326 g/mol. The molecule has 0 saturated carbocycles. The summed E-state index contributed by atoms with van der Waals surface area (Å²) in [6.07, 6.45) is 0.715. The molecule has 0 atom stereocenters.